The fraction of sp³-hybridized carbons (Fsp3) is 1.00. The van der Waals surface area contributed by atoms with Crippen LogP contribution in [0.2, 0.25) is 0 Å². The number of hydrogen-bond donors (Lipinski definition) is 0. The summed E-state index contributed by atoms with van der Waals surface area (Å²) in [7, 11) is 0. The van der Waals surface area contributed by atoms with Crippen molar-refractivity contribution in [2.24, 2.45) is 23.2 Å². The van der Waals surface area contributed by atoms with Crippen LogP contribution in [-0.2, 0) is 0 Å². The zero-order chi connectivity index (χ0) is 17.5. The standard InChI is InChI=1S/C12H24.C5H12.2C2H6/c1-5-6-10-7-8-11(9-10)12(2,3)4;1-4-5(2)3;2*1-2/h10-11H,5-9H2,1-4H3;5H,4H2,1-3H3;2*1-2H3. The molecule has 1 fully saturated rings. The van der Waals surface area contributed by atoms with E-state index in [4.69, 9.17) is 0 Å². The molecule has 0 aromatic heterocycles. The average Bonchev–Trinajstić information content (AvgIpc) is 2.93. The third kappa shape index (κ3) is 16.2. The first-order chi connectivity index (χ1) is 9.81. The molecule has 0 spiro atoms. The Morgan fingerprint density at radius 3 is 1.57 bits per heavy atom. The summed E-state index contributed by atoms with van der Waals surface area (Å²) in [6.45, 7) is 24.1. The van der Waals surface area contributed by atoms with E-state index in [1.165, 1.54) is 38.5 Å². The van der Waals surface area contributed by atoms with Crippen LogP contribution in [0.3, 0.4) is 0 Å². The summed E-state index contributed by atoms with van der Waals surface area (Å²) in [6.07, 6.45) is 8.62. The van der Waals surface area contributed by atoms with Gasteiger partial charge in [-0.2, -0.15) is 0 Å². The second kappa shape index (κ2) is 16.4. The van der Waals surface area contributed by atoms with Gasteiger partial charge < -0.3 is 0 Å². The van der Waals surface area contributed by atoms with Crippen LogP contribution < -0.4 is 0 Å². The zero-order valence-corrected chi connectivity index (χ0v) is 17.5. The lowest BCUT2D eigenvalue weighted by atomic mass is 9.79. The molecule has 0 aromatic rings. The Balaban J connectivity index is -0.000000304. The third-order valence-electron chi connectivity index (χ3n) is 4.28. The molecule has 1 aliphatic carbocycles. The van der Waals surface area contributed by atoms with E-state index >= 15 is 0 Å². The molecule has 0 N–H and O–H groups in total. The van der Waals surface area contributed by atoms with Gasteiger partial charge >= 0.3 is 0 Å². The van der Waals surface area contributed by atoms with E-state index in [1.807, 2.05) is 27.7 Å². The van der Waals surface area contributed by atoms with Gasteiger partial charge in [-0.15, -0.1) is 0 Å². The highest BCUT2D eigenvalue weighted by atomic mass is 14.4. The molecular weight excluding hydrogens is 252 g/mol. The summed E-state index contributed by atoms with van der Waals surface area (Å²) in [6, 6.07) is 0. The Bertz CT molecular complexity index is 173. The molecule has 0 heterocycles. The Hall–Kier alpha value is 0. The molecule has 1 aliphatic rings. The first-order valence-electron chi connectivity index (χ1n) is 9.81. The molecule has 2 unspecified atom stereocenters. The van der Waals surface area contributed by atoms with E-state index in [2.05, 4.69) is 48.5 Å². The smallest absolute Gasteiger partial charge is 0.0354 e. The zero-order valence-electron chi connectivity index (χ0n) is 17.5. The maximum absolute atomic E-state index is 2.39. The van der Waals surface area contributed by atoms with Gasteiger partial charge in [0, 0.05) is 0 Å². The molecule has 2 atom stereocenters. The Labute approximate surface area is 138 Å². The molecule has 0 aromatic carbocycles. The van der Waals surface area contributed by atoms with Gasteiger partial charge in [0.1, 0.15) is 0 Å². The molecule has 0 bridgehead atoms. The second-order valence-electron chi connectivity index (χ2n) is 7.33. The van der Waals surface area contributed by atoms with Crippen LogP contribution in [0, 0.1) is 23.2 Å². The van der Waals surface area contributed by atoms with E-state index in [-0.39, 0.29) is 0 Å². The summed E-state index contributed by atoms with van der Waals surface area (Å²) >= 11 is 0. The van der Waals surface area contributed by atoms with Gasteiger partial charge in [-0.3, -0.25) is 0 Å². The second-order valence-corrected chi connectivity index (χ2v) is 7.33. The molecule has 1 saturated carbocycles. The fourth-order valence-corrected chi connectivity index (χ4v) is 2.53. The van der Waals surface area contributed by atoms with Crippen molar-refractivity contribution < 1.29 is 0 Å². The van der Waals surface area contributed by atoms with E-state index < -0.39 is 0 Å². The van der Waals surface area contributed by atoms with E-state index in [0.29, 0.717) is 5.41 Å². The first kappa shape index (κ1) is 25.9. The molecule has 0 aliphatic heterocycles. The van der Waals surface area contributed by atoms with Crippen molar-refractivity contribution in [2.45, 2.75) is 115 Å². The van der Waals surface area contributed by atoms with Gasteiger partial charge in [-0.05, 0) is 36.0 Å². The van der Waals surface area contributed by atoms with E-state index in [9.17, 15) is 0 Å². The molecule has 1 rings (SSSR count). The lowest BCUT2D eigenvalue weighted by molar-refractivity contribution is 0.237. The largest absolute Gasteiger partial charge is 0.0683 e. The fourth-order valence-electron chi connectivity index (χ4n) is 2.53. The molecule has 0 radical (unpaired) electrons. The van der Waals surface area contributed by atoms with Crippen molar-refractivity contribution in [1.82, 2.24) is 0 Å². The van der Waals surface area contributed by atoms with Crippen LogP contribution in [0.25, 0.3) is 0 Å². The molecule has 0 amide bonds. The van der Waals surface area contributed by atoms with E-state index in [0.717, 1.165) is 17.8 Å². The maximum Gasteiger partial charge on any atom is -0.0354 e. The normalized spacial score (nSPS) is 20.6. The molecule has 21 heavy (non-hydrogen) atoms. The van der Waals surface area contributed by atoms with Crippen molar-refractivity contribution in [3.63, 3.8) is 0 Å². The topological polar surface area (TPSA) is 0 Å². The van der Waals surface area contributed by atoms with Crippen LogP contribution in [0.1, 0.15) is 115 Å². The van der Waals surface area contributed by atoms with Crippen LogP contribution in [0.4, 0.5) is 0 Å². The van der Waals surface area contributed by atoms with Gasteiger partial charge in [0.15, 0.2) is 0 Å². The summed E-state index contributed by atoms with van der Waals surface area (Å²) in [5, 5.41) is 0. The van der Waals surface area contributed by atoms with Crippen molar-refractivity contribution in [1.29, 1.82) is 0 Å². The Morgan fingerprint density at radius 2 is 1.33 bits per heavy atom. The third-order valence-corrected chi connectivity index (χ3v) is 4.28. The summed E-state index contributed by atoms with van der Waals surface area (Å²) in [5.74, 6) is 2.93. The summed E-state index contributed by atoms with van der Waals surface area (Å²) in [5.41, 5.74) is 0.558. The SMILES string of the molecule is CC.CC.CCC(C)C.CCCC1CCC(C(C)(C)C)C1. The number of hydrogen-bond acceptors (Lipinski definition) is 0. The monoisotopic (exact) mass is 300 g/mol. The van der Waals surface area contributed by atoms with Gasteiger partial charge in [-0.1, -0.05) is 102 Å². The van der Waals surface area contributed by atoms with Gasteiger partial charge in [0.2, 0.25) is 0 Å². The molecule has 132 valence electrons. The van der Waals surface area contributed by atoms with Crippen molar-refractivity contribution in [3.8, 4) is 0 Å². The van der Waals surface area contributed by atoms with Gasteiger partial charge in [0.25, 0.3) is 0 Å². The predicted molar refractivity (Wildman–Crippen MR) is 103 cm³/mol. The van der Waals surface area contributed by atoms with Crippen LogP contribution in [0.5, 0.6) is 0 Å². The molecule has 0 nitrogen and oxygen atoms in total. The summed E-state index contributed by atoms with van der Waals surface area (Å²) < 4.78 is 0. The van der Waals surface area contributed by atoms with Crippen molar-refractivity contribution in [3.05, 3.63) is 0 Å². The first-order valence-corrected chi connectivity index (χ1v) is 9.81. The van der Waals surface area contributed by atoms with E-state index in [1.54, 1.807) is 0 Å². The van der Waals surface area contributed by atoms with Crippen LogP contribution in [-0.4, -0.2) is 0 Å². The highest BCUT2D eigenvalue weighted by Crippen LogP contribution is 2.43. The minimum Gasteiger partial charge on any atom is -0.0683 e. The Kier molecular flexibility index (Phi) is 20.2. The van der Waals surface area contributed by atoms with Crippen LogP contribution >= 0.6 is 0 Å². The van der Waals surface area contributed by atoms with Gasteiger partial charge in [0.05, 0.1) is 0 Å². The summed E-state index contributed by atoms with van der Waals surface area (Å²) in [4.78, 5) is 0. The number of rotatable bonds is 3. The highest BCUT2D eigenvalue weighted by Gasteiger charge is 2.32. The minimum absolute atomic E-state index is 0.558. The van der Waals surface area contributed by atoms with Crippen molar-refractivity contribution in [2.75, 3.05) is 0 Å². The van der Waals surface area contributed by atoms with Gasteiger partial charge in [-0.25, -0.2) is 0 Å². The lowest BCUT2D eigenvalue weighted by Gasteiger charge is -2.26. The predicted octanol–water partition coefficient (Wildman–Crippen LogP) is 8.35. The average molecular weight is 301 g/mol. The lowest BCUT2D eigenvalue weighted by Crippen LogP contribution is -2.17. The van der Waals surface area contributed by atoms with Crippen LogP contribution in [0.15, 0.2) is 0 Å². The Morgan fingerprint density at radius 1 is 0.905 bits per heavy atom. The molecule has 0 heteroatoms. The molecule has 0 saturated heterocycles. The van der Waals surface area contributed by atoms with Crippen molar-refractivity contribution >= 4 is 0 Å². The highest BCUT2D eigenvalue weighted by molar-refractivity contribution is 4.83. The minimum atomic E-state index is 0.558. The maximum atomic E-state index is 2.39. The molecular formula is C21H48. The quantitative estimate of drug-likeness (QED) is 0.491.